The third-order valence-corrected chi connectivity index (χ3v) is 10.4. The maximum atomic E-state index is 15.3. The molecule has 0 fully saturated rings. The summed E-state index contributed by atoms with van der Waals surface area (Å²) in [6.07, 6.45) is 3.60. The molecule has 1 aliphatic heterocycles. The lowest BCUT2D eigenvalue weighted by atomic mass is 9.90. The van der Waals surface area contributed by atoms with Gasteiger partial charge in [0.1, 0.15) is 0 Å². The molecule has 0 saturated heterocycles. The van der Waals surface area contributed by atoms with E-state index in [0.29, 0.717) is 22.5 Å². The molecule has 5 nitrogen and oxygen atoms in total. The summed E-state index contributed by atoms with van der Waals surface area (Å²) >= 11 is 0. The molecular weight excluding hydrogens is 663 g/mol. The van der Waals surface area contributed by atoms with Crippen molar-refractivity contribution in [2.45, 2.75) is 0 Å². The molecule has 10 rings (SSSR count). The summed E-state index contributed by atoms with van der Waals surface area (Å²) in [5.41, 5.74) is 11.4. The highest BCUT2D eigenvalue weighted by atomic mass is 16.2. The van der Waals surface area contributed by atoms with Crippen LogP contribution in [0.25, 0.3) is 72.0 Å². The van der Waals surface area contributed by atoms with Crippen LogP contribution in [0.4, 0.5) is 5.69 Å². The van der Waals surface area contributed by atoms with Crippen molar-refractivity contribution in [3.8, 4) is 50.2 Å². The van der Waals surface area contributed by atoms with Crippen molar-refractivity contribution in [1.82, 2.24) is 9.55 Å². The molecule has 0 N–H and O–H groups in total. The fourth-order valence-electron chi connectivity index (χ4n) is 8.06. The molecule has 0 bridgehead atoms. The van der Waals surface area contributed by atoms with Gasteiger partial charge in [-0.25, -0.2) is 4.90 Å². The first kappa shape index (κ1) is 31.4. The zero-order valence-electron chi connectivity index (χ0n) is 29.1. The predicted octanol–water partition coefficient (Wildman–Crippen LogP) is 11.6. The van der Waals surface area contributed by atoms with Gasteiger partial charge in [0.15, 0.2) is 0 Å². The van der Waals surface area contributed by atoms with E-state index in [0.717, 1.165) is 66.3 Å². The summed E-state index contributed by atoms with van der Waals surface area (Å²) in [4.78, 5) is 35.8. The number of aromatic nitrogens is 2. The van der Waals surface area contributed by atoms with Crippen LogP contribution in [-0.4, -0.2) is 21.4 Å². The Morgan fingerprint density at radius 1 is 0.407 bits per heavy atom. The highest BCUT2D eigenvalue weighted by Crippen LogP contribution is 2.47. The van der Waals surface area contributed by atoms with Crippen LogP contribution in [0.15, 0.2) is 188 Å². The lowest BCUT2D eigenvalue weighted by Gasteiger charge is -2.24. The molecule has 1 aliphatic rings. The Balaban J connectivity index is 1.23. The van der Waals surface area contributed by atoms with E-state index in [4.69, 9.17) is 0 Å². The number of hydrogen-bond donors (Lipinski definition) is 0. The van der Waals surface area contributed by atoms with Crippen LogP contribution in [-0.2, 0) is 0 Å². The highest BCUT2D eigenvalue weighted by Gasteiger charge is 2.41. The summed E-state index contributed by atoms with van der Waals surface area (Å²) in [6.45, 7) is 0. The van der Waals surface area contributed by atoms with Gasteiger partial charge in [0.2, 0.25) is 0 Å². The zero-order valence-corrected chi connectivity index (χ0v) is 29.1. The molecule has 3 heterocycles. The van der Waals surface area contributed by atoms with Crippen LogP contribution >= 0.6 is 0 Å². The number of nitrogens with zero attached hydrogens (tertiary/aromatic N) is 3. The number of benzene rings is 7. The molecule has 54 heavy (non-hydrogen) atoms. The number of amides is 2. The van der Waals surface area contributed by atoms with E-state index >= 15 is 4.79 Å². The van der Waals surface area contributed by atoms with Crippen LogP contribution in [0.3, 0.4) is 0 Å². The maximum Gasteiger partial charge on any atom is 0.268 e. The first-order valence-electron chi connectivity index (χ1n) is 18.0. The third kappa shape index (κ3) is 4.90. The quantitative estimate of drug-likeness (QED) is 0.163. The van der Waals surface area contributed by atoms with Crippen LogP contribution in [0.1, 0.15) is 20.7 Å². The lowest BCUT2D eigenvalue weighted by Crippen LogP contribution is -2.30. The molecule has 254 valence electrons. The normalized spacial score (nSPS) is 12.5. The predicted molar refractivity (Wildman–Crippen MR) is 218 cm³/mol. The van der Waals surface area contributed by atoms with Gasteiger partial charge in [-0.05, 0) is 81.9 Å². The largest absolute Gasteiger partial charge is 0.308 e. The van der Waals surface area contributed by atoms with E-state index < -0.39 is 0 Å². The molecule has 0 spiro atoms. The number of carbonyl (C=O) groups excluding carboxylic acids is 2. The van der Waals surface area contributed by atoms with Crippen LogP contribution in [0, 0.1) is 0 Å². The highest BCUT2D eigenvalue weighted by molar-refractivity contribution is 6.37. The van der Waals surface area contributed by atoms with Crippen LogP contribution < -0.4 is 4.90 Å². The molecule has 2 aromatic heterocycles. The van der Waals surface area contributed by atoms with Gasteiger partial charge in [0, 0.05) is 34.3 Å². The molecule has 0 saturated carbocycles. The van der Waals surface area contributed by atoms with Gasteiger partial charge >= 0.3 is 0 Å². The van der Waals surface area contributed by atoms with Gasteiger partial charge in [-0.15, -0.1) is 0 Å². The second-order valence-corrected chi connectivity index (χ2v) is 13.5. The number of imide groups is 1. The summed E-state index contributed by atoms with van der Waals surface area (Å²) < 4.78 is 2.14. The average Bonchev–Trinajstić information content (AvgIpc) is 3.72. The van der Waals surface area contributed by atoms with Crippen LogP contribution in [0.5, 0.6) is 0 Å². The fourth-order valence-corrected chi connectivity index (χ4v) is 8.06. The van der Waals surface area contributed by atoms with E-state index in [-0.39, 0.29) is 11.8 Å². The van der Waals surface area contributed by atoms with Gasteiger partial charge in [0.05, 0.1) is 33.5 Å². The molecule has 2 amide bonds. The molecule has 0 aliphatic carbocycles. The molecule has 9 aromatic rings. The minimum absolute atomic E-state index is 0.350. The molecule has 0 unspecified atom stereocenters. The Bertz CT molecular complexity index is 2840. The van der Waals surface area contributed by atoms with Gasteiger partial charge in [-0.3, -0.25) is 14.6 Å². The fraction of sp³-hybridized carbons (Fsp3) is 0. The molecular formula is C49H31N3O2. The van der Waals surface area contributed by atoms with Crippen molar-refractivity contribution in [1.29, 1.82) is 0 Å². The van der Waals surface area contributed by atoms with E-state index in [9.17, 15) is 4.79 Å². The van der Waals surface area contributed by atoms with Crippen LogP contribution in [0.2, 0.25) is 0 Å². The van der Waals surface area contributed by atoms with E-state index in [1.807, 2.05) is 121 Å². The molecule has 0 radical (unpaired) electrons. The first-order valence-corrected chi connectivity index (χ1v) is 18.0. The number of carbonyl (C=O) groups is 2. The standard InChI is InChI=1S/C49H31N3O2/c53-48-39-22-13-25-44(51-42-23-11-10-20-38(42)45-37(21-12-24-43(45)51)35-26-28-50-29-27-35)46(39)49(54)52(48)47-40(33-16-6-2-7-17-33)30-36(32-14-4-1-5-15-32)31-41(47)34-18-8-3-9-19-34/h1-31H. The number of hydrogen-bond acceptors (Lipinski definition) is 3. The van der Waals surface area contributed by atoms with Crippen molar-refractivity contribution >= 4 is 39.3 Å². The van der Waals surface area contributed by atoms with E-state index in [1.165, 1.54) is 4.90 Å². The Labute approximate surface area is 312 Å². The number of rotatable bonds is 6. The van der Waals surface area contributed by atoms with Crippen molar-refractivity contribution in [2.24, 2.45) is 0 Å². The zero-order chi connectivity index (χ0) is 36.2. The Morgan fingerprint density at radius 3 is 1.61 bits per heavy atom. The van der Waals surface area contributed by atoms with Gasteiger partial charge in [-0.1, -0.05) is 127 Å². The van der Waals surface area contributed by atoms with Gasteiger partial charge in [-0.2, -0.15) is 0 Å². The second-order valence-electron chi connectivity index (χ2n) is 13.5. The first-order chi connectivity index (χ1) is 26.7. The number of fused-ring (bicyclic) bond motifs is 4. The Kier molecular flexibility index (Phi) is 7.37. The lowest BCUT2D eigenvalue weighted by molar-refractivity contribution is 0.0926. The average molecular weight is 694 g/mol. The summed E-state index contributed by atoms with van der Waals surface area (Å²) in [6, 6.07) is 58.6. The van der Waals surface area contributed by atoms with Crippen molar-refractivity contribution < 1.29 is 9.59 Å². The van der Waals surface area contributed by atoms with Gasteiger partial charge in [0.25, 0.3) is 11.8 Å². The van der Waals surface area contributed by atoms with Crippen molar-refractivity contribution in [3.05, 3.63) is 199 Å². The second kappa shape index (κ2) is 12.7. The molecule has 5 heteroatoms. The third-order valence-electron chi connectivity index (χ3n) is 10.4. The molecule has 0 atom stereocenters. The topological polar surface area (TPSA) is 55.2 Å². The van der Waals surface area contributed by atoms with Crippen molar-refractivity contribution in [2.75, 3.05) is 4.90 Å². The maximum absolute atomic E-state index is 15.3. The summed E-state index contributed by atoms with van der Waals surface area (Å²) in [5, 5.41) is 2.13. The smallest absolute Gasteiger partial charge is 0.268 e. The summed E-state index contributed by atoms with van der Waals surface area (Å²) in [7, 11) is 0. The monoisotopic (exact) mass is 693 g/mol. The number of anilines is 1. The molecule has 7 aromatic carbocycles. The van der Waals surface area contributed by atoms with Gasteiger partial charge < -0.3 is 4.57 Å². The minimum Gasteiger partial charge on any atom is -0.308 e. The minimum atomic E-state index is -0.358. The number of para-hydroxylation sites is 1. The summed E-state index contributed by atoms with van der Waals surface area (Å²) in [5.74, 6) is -0.708. The Morgan fingerprint density at radius 2 is 0.944 bits per heavy atom. The number of pyridine rings is 1. The van der Waals surface area contributed by atoms with E-state index in [2.05, 4.69) is 58.1 Å². The SMILES string of the molecule is O=C1c2cccc(-n3c4ccccc4c4c(-c5ccncc5)cccc43)c2C(=O)N1c1c(-c2ccccc2)cc(-c2ccccc2)cc1-c1ccccc1. The Hall–Kier alpha value is -7.37. The van der Waals surface area contributed by atoms with Crippen molar-refractivity contribution in [3.63, 3.8) is 0 Å². The van der Waals surface area contributed by atoms with E-state index in [1.54, 1.807) is 18.5 Å².